The summed E-state index contributed by atoms with van der Waals surface area (Å²) in [5, 5.41) is 7.61. The molecule has 3 unspecified atom stereocenters. The van der Waals surface area contributed by atoms with Gasteiger partial charge in [-0.1, -0.05) is 11.2 Å². The summed E-state index contributed by atoms with van der Waals surface area (Å²) in [6, 6.07) is -0.952. The van der Waals surface area contributed by atoms with Crippen LogP contribution >= 0.6 is 34.4 Å². The third kappa shape index (κ3) is 5.77. The van der Waals surface area contributed by atoms with Crippen LogP contribution in [0.1, 0.15) is 23.2 Å². The van der Waals surface area contributed by atoms with Gasteiger partial charge in [-0.2, -0.15) is 0 Å². The standard InChI is InChI=1S/C24H24N6O8S3/c1-10-15(41-9-26-10)5-4-12-7-39-21-17(28-19(31)16(29-35-3)13-8-40-23(25)27-13)20(32)30(21)18(12)22(33)36-6-14-11(2)37-24(34)38-14/h4-5,8-9,11,14,17,21H,6-7H2,1-3H3,(H2,25,27)(H,28,31)/t11?,14?,17?,21-/m0/s1. The Morgan fingerprint density at radius 3 is 2.73 bits per heavy atom. The lowest BCUT2D eigenvalue weighted by molar-refractivity contribution is -0.153. The maximum Gasteiger partial charge on any atom is 0.509 e. The number of aromatic nitrogens is 2. The van der Waals surface area contributed by atoms with Crippen LogP contribution in [0.3, 0.4) is 0 Å². The fourth-order valence-electron chi connectivity index (χ4n) is 4.18. The highest BCUT2D eigenvalue weighted by Crippen LogP contribution is 2.41. The van der Waals surface area contributed by atoms with Crippen LogP contribution in [0.5, 0.6) is 0 Å². The van der Waals surface area contributed by atoms with E-state index in [1.54, 1.807) is 23.9 Å². The zero-order chi connectivity index (χ0) is 29.3. The number of anilines is 1. The molecule has 5 rings (SSSR count). The maximum absolute atomic E-state index is 13.4. The molecule has 2 aromatic heterocycles. The Hall–Kier alpha value is -3.96. The van der Waals surface area contributed by atoms with E-state index in [-0.39, 0.29) is 28.8 Å². The van der Waals surface area contributed by atoms with Crippen LogP contribution < -0.4 is 11.1 Å². The molecule has 41 heavy (non-hydrogen) atoms. The van der Waals surface area contributed by atoms with E-state index in [1.807, 2.05) is 13.0 Å². The molecule has 2 fully saturated rings. The van der Waals surface area contributed by atoms with E-state index in [9.17, 15) is 19.2 Å². The van der Waals surface area contributed by atoms with Gasteiger partial charge in [-0.3, -0.25) is 14.5 Å². The summed E-state index contributed by atoms with van der Waals surface area (Å²) in [7, 11) is 1.28. The average molecular weight is 621 g/mol. The van der Waals surface area contributed by atoms with E-state index in [1.165, 1.54) is 35.1 Å². The first-order valence-corrected chi connectivity index (χ1v) is 14.9. The number of ether oxygens (including phenoxy) is 3. The van der Waals surface area contributed by atoms with Gasteiger partial charge in [-0.25, -0.2) is 19.6 Å². The van der Waals surface area contributed by atoms with E-state index in [4.69, 9.17) is 24.8 Å². The van der Waals surface area contributed by atoms with Crippen molar-refractivity contribution >= 4 is 75.3 Å². The van der Waals surface area contributed by atoms with Crippen molar-refractivity contribution in [2.45, 2.75) is 37.5 Å². The van der Waals surface area contributed by atoms with Gasteiger partial charge < -0.3 is 30.1 Å². The first-order valence-electron chi connectivity index (χ1n) is 12.1. The highest BCUT2D eigenvalue weighted by atomic mass is 32.2. The number of β-lactam (4-membered cyclic amide) rings is 1. The Balaban J connectivity index is 1.37. The molecule has 3 N–H and O–H groups in total. The average Bonchev–Trinajstić information content (AvgIpc) is 3.65. The van der Waals surface area contributed by atoms with Crippen LogP contribution in [-0.4, -0.2) is 87.6 Å². The van der Waals surface area contributed by atoms with Gasteiger partial charge in [-0.05, 0) is 25.5 Å². The second-order valence-electron chi connectivity index (χ2n) is 8.89. The summed E-state index contributed by atoms with van der Waals surface area (Å²) in [6.45, 7) is 3.23. The molecular weight excluding hydrogens is 596 g/mol. The fraction of sp³-hybridized carbons (Fsp3) is 0.375. The smallest absolute Gasteiger partial charge is 0.457 e. The summed E-state index contributed by atoms with van der Waals surface area (Å²) >= 11 is 3.93. The van der Waals surface area contributed by atoms with Crippen molar-refractivity contribution in [1.29, 1.82) is 0 Å². The highest BCUT2D eigenvalue weighted by Gasteiger charge is 2.54. The number of nitrogens with one attached hydrogen (secondary N) is 1. The zero-order valence-electron chi connectivity index (χ0n) is 21.9. The van der Waals surface area contributed by atoms with Crippen LogP contribution in [0.4, 0.5) is 9.93 Å². The second kappa shape index (κ2) is 11.9. The summed E-state index contributed by atoms with van der Waals surface area (Å²) in [5.74, 6) is -1.63. The van der Waals surface area contributed by atoms with Crippen molar-refractivity contribution in [2.75, 3.05) is 25.2 Å². The number of nitrogens with two attached hydrogens (primary N) is 1. The minimum absolute atomic E-state index is 0.0404. The lowest BCUT2D eigenvalue weighted by Gasteiger charge is -2.49. The number of carbonyl (C=O) groups is 4. The van der Waals surface area contributed by atoms with Crippen molar-refractivity contribution < 1.29 is 38.2 Å². The SMILES string of the molecule is CON=C(C(=O)NC1C(=O)N2C(C(=O)OCC3OC(=O)OC3C)=C(C=Cc3scnc3C)CS[C@@H]12)c1csc(N)n1. The largest absolute Gasteiger partial charge is 0.509 e. The number of hydrogen-bond donors (Lipinski definition) is 2. The van der Waals surface area contributed by atoms with E-state index >= 15 is 0 Å². The van der Waals surface area contributed by atoms with Crippen molar-refractivity contribution in [3.8, 4) is 0 Å². The number of oxime groups is 1. The fourth-order valence-corrected chi connectivity index (χ4v) is 6.74. The van der Waals surface area contributed by atoms with Crippen molar-refractivity contribution in [3.63, 3.8) is 0 Å². The van der Waals surface area contributed by atoms with E-state index in [2.05, 4.69) is 20.4 Å². The predicted molar refractivity (Wildman–Crippen MR) is 150 cm³/mol. The number of fused-ring (bicyclic) bond motifs is 1. The number of nitrogens with zero attached hydrogens (tertiary/aromatic N) is 4. The minimum atomic E-state index is -0.952. The number of aryl methyl sites for hydroxylation is 1. The van der Waals surface area contributed by atoms with Crippen molar-refractivity contribution in [2.24, 2.45) is 5.16 Å². The molecule has 0 spiro atoms. The Morgan fingerprint density at radius 2 is 2.10 bits per heavy atom. The molecule has 0 bridgehead atoms. The van der Waals surface area contributed by atoms with Crippen LogP contribution in [0.2, 0.25) is 0 Å². The van der Waals surface area contributed by atoms with Gasteiger partial charge in [0.1, 0.15) is 42.6 Å². The molecular formula is C24H24N6O8S3. The highest BCUT2D eigenvalue weighted by molar-refractivity contribution is 8.00. The number of cyclic esters (lactones) is 2. The molecule has 216 valence electrons. The van der Waals surface area contributed by atoms with Gasteiger partial charge in [0.25, 0.3) is 11.8 Å². The van der Waals surface area contributed by atoms with Crippen LogP contribution in [-0.2, 0) is 33.4 Å². The molecule has 17 heteroatoms. The Bertz CT molecular complexity index is 1480. The number of nitrogen functional groups attached to an aromatic ring is 1. The molecule has 0 saturated carbocycles. The molecule has 4 atom stereocenters. The number of thiazole rings is 2. The summed E-state index contributed by atoms with van der Waals surface area (Å²) < 4.78 is 15.4. The van der Waals surface area contributed by atoms with Gasteiger partial charge in [0.05, 0.1) is 11.2 Å². The molecule has 14 nitrogen and oxygen atoms in total. The number of allylic oxidation sites excluding steroid dienone is 1. The van der Waals surface area contributed by atoms with Crippen LogP contribution in [0.15, 0.2) is 33.4 Å². The predicted octanol–water partition coefficient (Wildman–Crippen LogP) is 1.68. The molecule has 2 amide bonds. The second-order valence-corrected chi connectivity index (χ2v) is 11.8. The molecule has 2 saturated heterocycles. The number of carbonyl (C=O) groups excluding carboxylic acids is 4. The lowest BCUT2D eigenvalue weighted by atomic mass is 10.0. The summed E-state index contributed by atoms with van der Waals surface area (Å²) in [6.07, 6.45) is 1.34. The topological polar surface area (TPSA) is 185 Å². The molecule has 0 aliphatic carbocycles. The number of hydrogen-bond acceptors (Lipinski definition) is 15. The van der Waals surface area contributed by atoms with Gasteiger partial charge in [-0.15, -0.1) is 34.4 Å². The van der Waals surface area contributed by atoms with E-state index in [0.29, 0.717) is 11.3 Å². The van der Waals surface area contributed by atoms with Gasteiger partial charge in [0, 0.05) is 16.0 Å². The molecule has 0 radical (unpaired) electrons. The minimum Gasteiger partial charge on any atom is -0.457 e. The summed E-state index contributed by atoms with van der Waals surface area (Å²) in [5.41, 5.74) is 8.87. The van der Waals surface area contributed by atoms with Gasteiger partial charge in [0.15, 0.2) is 16.9 Å². The first kappa shape index (κ1) is 28.6. The first-order chi connectivity index (χ1) is 19.7. The quantitative estimate of drug-likeness (QED) is 0.179. The third-order valence-corrected chi connectivity index (χ3v) is 9.16. The monoisotopic (exact) mass is 620 g/mol. The third-order valence-electron chi connectivity index (χ3n) is 6.29. The van der Waals surface area contributed by atoms with Crippen molar-refractivity contribution in [3.05, 3.63) is 44.5 Å². The molecule has 5 heterocycles. The lowest BCUT2D eigenvalue weighted by Crippen LogP contribution is -2.71. The Labute approximate surface area is 245 Å². The number of esters is 1. The van der Waals surface area contributed by atoms with Gasteiger partial charge >= 0.3 is 12.1 Å². The molecule has 3 aliphatic heterocycles. The maximum atomic E-state index is 13.4. The number of rotatable bonds is 9. The summed E-state index contributed by atoms with van der Waals surface area (Å²) in [4.78, 5) is 66.5. The van der Waals surface area contributed by atoms with E-state index < -0.39 is 47.6 Å². The number of amides is 2. The molecule has 2 aromatic rings. The van der Waals surface area contributed by atoms with Crippen molar-refractivity contribution in [1.82, 2.24) is 20.2 Å². The molecule has 3 aliphatic rings. The van der Waals surface area contributed by atoms with Crippen LogP contribution in [0.25, 0.3) is 6.08 Å². The van der Waals surface area contributed by atoms with Gasteiger partial charge in [0.2, 0.25) is 0 Å². The number of thioether (sulfide) groups is 1. The Morgan fingerprint density at radius 1 is 1.29 bits per heavy atom. The molecule has 0 aromatic carbocycles. The Kier molecular flexibility index (Phi) is 8.27. The zero-order valence-corrected chi connectivity index (χ0v) is 24.3. The van der Waals surface area contributed by atoms with Crippen LogP contribution in [0, 0.1) is 6.92 Å². The van der Waals surface area contributed by atoms with E-state index in [0.717, 1.165) is 21.9 Å². The normalized spacial score (nSPS) is 24.1.